The molecular weight excluding hydrogens is 521 g/mol. The molecule has 1 aliphatic carbocycles. The molecule has 0 saturated heterocycles. The number of rotatable bonds is 9. The Hall–Kier alpha value is -3.95. The van der Waals surface area contributed by atoms with Gasteiger partial charge in [0.15, 0.2) is 0 Å². The second-order valence-corrected chi connectivity index (χ2v) is 9.28. The van der Waals surface area contributed by atoms with E-state index in [4.69, 9.17) is 9.47 Å². The number of hydrogen-bond donors (Lipinski definition) is 1. The molecule has 206 valence electrons. The summed E-state index contributed by atoms with van der Waals surface area (Å²) in [7, 11) is 0. The van der Waals surface area contributed by atoms with Gasteiger partial charge in [-0.05, 0) is 104 Å². The fourth-order valence-electron chi connectivity index (χ4n) is 4.19. The first-order chi connectivity index (χ1) is 18.5. The molecule has 10 heteroatoms. The number of alkyl halides is 3. The summed E-state index contributed by atoms with van der Waals surface area (Å²) in [6.07, 6.45) is -3.65. The summed E-state index contributed by atoms with van der Waals surface area (Å²) in [5, 5.41) is 2.50. The molecule has 1 saturated carbocycles. The van der Waals surface area contributed by atoms with Gasteiger partial charge in [-0.15, -0.1) is 0 Å². The highest BCUT2D eigenvalue weighted by atomic mass is 19.4. The second-order valence-electron chi connectivity index (χ2n) is 9.28. The summed E-state index contributed by atoms with van der Waals surface area (Å²) >= 11 is 0. The second kappa shape index (κ2) is 11.4. The summed E-state index contributed by atoms with van der Waals surface area (Å²) in [4.78, 5) is 25.0. The third-order valence-corrected chi connectivity index (χ3v) is 6.28. The van der Waals surface area contributed by atoms with Gasteiger partial charge in [-0.1, -0.05) is 0 Å². The van der Waals surface area contributed by atoms with Crippen LogP contribution >= 0.6 is 0 Å². The van der Waals surface area contributed by atoms with Gasteiger partial charge >= 0.3 is 12.1 Å². The summed E-state index contributed by atoms with van der Waals surface area (Å²) < 4.78 is 80.6. The van der Waals surface area contributed by atoms with Crippen LogP contribution in [0.2, 0.25) is 0 Å². The quantitative estimate of drug-likeness (QED) is 0.220. The molecule has 39 heavy (non-hydrogen) atoms. The van der Waals surface area contributed by atoms with Crippen molar-refractivity contribution in [3.8, 4) is 11.5 Å². The lowest BCUT2D eigenvalue weighted by atomic mass is 9.98. The van der Waals surface area contributed by atoms with Crippen LogP contribution in [-0.2, 0) is 22.1 Å². The molecule has 4 rings (SSSR count). The number of aryl methyl sites for hydroxylation is 2. The van der Waals surface area contributed by atoms with Crippen molar-refractivity contribution in [2.45, 2.75) is 51.6 Å². The third kappa shape index (κ3) is 6.93. The first-order valence-corrected chi connectivity index (χ1v) is 12.4. The SMILES string of the molecule is CCOC(=O)CCc1cc(NC(=O)c2cc(C(F)(F)F)c(C3CC3)cc2Oc2ccc(F)cc2C)ccc1F. The Morgan fingerprint density at radius 2 is 1.74 bits per heavy atom. The zero-order valence-electron chi connectivity index (χ0n) is 21.3. The van der Waals surface area contributed by atoms with Gasteiger partial charge in [0.1, 0.15) is 23.1 Å². The van der Waals surface area contributed by atoms with Crippen molar-refractivity contribution in [1.82, 2.24) is 0 Å². The van der Waals surface area contributed by atoms with E-state index in [1.165, 1.54) is 30.3 Å². The van der Waals surface area contributed by atoms with Crippen LogP contribution in [0.15, 0.2) is 48.5 Å². The van der Waals surface area contributed by atoms with E-state index in [0.717, 1.165) is 18.2 Å². The molecule has 0 atom stereocenters. The molecule has 0 heterocycles. The highest BCUT2D eigenvalue weighted by Gasteiger charge is 2.40. The summed E-state index contributed by atoms with van der Waals surface area (Å²) in [6, 6.07) is 9.30. The highest BCUT2D eigenvalue weighted by molar-refractivity contribution is 6.06. The average Bonchev–Trinajstić information content (AvgIpc) is 3.71. The van der Waals surface area contributed by atoms with Crippen LogP contribution < -0.4 is 10.1 Å². The number of halogens is 5. The molecule has 1 N–H and O–H groups in total. The van der Waals surface area contributed by atoms with Crippen LogP contribution in [0.3, 0.4) is 0 Å². The maximum atomic E-state index is 14.3. The van der Waals surface area contributed by atoms with Crippen LogP contribution in [0.5, 0.6) is 11.5 Å². The third-order valence-electron chi connectivity index (χ3n) is 6.28. The summed E-state index contributed by atoms with van der Waals surface area (Å²) in [6.45, 7) is 3.39. The molecule has 1 amide bonds. The Bertz CT molecular complexity index is 1400. The lowest BCUT2D eigenvalue weighted by molar-refractivity contribution is -0.143. The fourth-order valence-corrected chi connectivity index (χ4v) is 4.19. The van der Waals surface area contributed by atoms with E-state index in [9.17, 15) is 31.5 Å². The van der Waals surface area contributed by atoms with Crippen molar-refractivity contribution in [2.75, 3.05) is 11.9 Å². The number of carbonyl (C=O) groups excluding carboxylic acids is 2. The van der Waals surface area contributed by atoms with Crippen LogP contribution in [0.25, 0.3) is 0 Å². The van der Waals surface area contributed by atoms with Gasteiger partial charge in [-0.3, -0.25) is 9.59 Å². The highest BCUT2D eigenvalue weighted by Crippen LogP contribution is 2.48. The minimum absolute atomic E-state index is 0.000882. The normalized spacial score (nSPS) is 13.2. The Morgan fingerprint density at radius 3 is 2.38 bits per heavy atom. The Morgan fingerprint density at radius 1 is 1.00 bits per heavy atom. The largest absolute Gasteiger partial charge is 0.466 e. The van der Waals surface area contributed by atoms with Crippen molar-refractivity contribution < 1.29 is 41.0 Å². The predicted octanol–water partition coefficient (Wildman–Crippen LogP) is 7.71. The minimum atomic E-state index is -4.71. The number of anilines is 1. The molecule has 0 unspecified atom stereocenters. The smallest absolute Gasteiger partial charge is 0.416 e. The zero-order valence-corrected chi connectivity index (χ0v) is 21.3. The van der Waals surface area contributed by atoms with Crippen molar-refractivity contribution in [3.63, 3.8) is 0 Å². The topological polar surface area (TPSA) is 64.6 Å². The number of esters is 1. The molecule has 0 spiro atoms. The minimum Gasteiger partial charge on any atom is -0.466 e. The van der Waals surface area contributed by atoms with E-state index >= 15 is 0 Å². The fraction of sp³-hybridized carbons (Fsp3) is 0.310. The number of benzene rings is 3. The summed E-state index contributed by atoms with van der Waals surface area (Å²) in [5.41, 5.74) is -0.681. The standard InChI is InChI=1S/C29H26F5NO4/c1-3-38-27(36)11-6-18-13-20(8-9-24(18)31)35-28(37)22-14-23(29(32,33)34)21(17-4-5-17)15-26(22)39-25-10-7-19(30)12-16(25)2/h7-10,12-15,17H,3-6,11H2,1-2H3,(H,35,37). The van der Waals surface area contributed by atoms with Gasteiger partial charge in [-0.25, -0.2) is 8.78 Å². The Kier molecular flexibility index (Phi) is 8.22. The molecule has 3 aromatic carbocycles. The van der Waals surface area contributed by atoms with Crippen LogP contribution in [-0.4, -0.2) is 18.5 Å². The molecule has 1 aliphatic rings. The monoisotopic (exact) mass is 547 g/mol. The van der Waals surface area contributed by atoms with Crippen LogP contribution in [0.1, 0.15) is 64.7 Å². The average molecular weight is 548 g/mol. The number of carbonyl (C=O) groups is 2. The lowest BCUT2D eigenvalue weighted by Crippen LogP contribution is -2.17. The molecule has 5 nitrogen and oxygen atoms in total. The molecule has 0 aliphatic heterocycles. The molecule has 0 radical (unpaired) electrons. The van der Waals surface area contributed by atoms with Crippen molar-refractivity contribution in [3.05, 3.63) is 88.0 Å². The number of amides is 1. The van der Waals surface area contributed by atoms with E-state index < -0.39 is 40.8 Å². The maximum Gasteiger partial charge on any atom is 0.416 e. The van der Waals surface area contributed by atoms with Gasteiger partial charge in [0.25, 0.3) is 5.91 Å². The first kappa shape index (κ1) is 28.1. The van der Waals surface area contributed by atoms with Gasteiger partial charge in [0.05, 0.1) is 17.7 Å². The van der Waals surface area contributed by atoms with Gasteiger partial charge in [-0.2, -0.15) is 13.2 Å². The summed E-state index contributed by atoms with van der Waals surface area (Å²) in [5.74, 6) is -2.81. The maximum absolute atomic E-state index is 14.3. The van der Waals surface area contributed by atoms with Crippen LogP contribution in [0.4, 0.5) is 27.6 Å². The Balaban J connectivity index is 1.69. The number of hydrogen-bond acceptors (Lipinski definition) is 4. The molecular formula is C29H26F5NO4. The van der Waals surface area contributed by atoms with Gasteiger partial charge in [0, 0.05) is 12.1 Å². The predicted molar refractivity (Wildman–Crippen MR) is 134 cm³/mol. The molecule has 0 aromatic heterocycles. The van der Waals surface area contributed by atoms with E-state index in [0.29, 0.717) is 18.4 Å². The Labute approximate surface area is 221 Å². The number of nitrogens with one attached hydrogen (secondary N) is 1. The zero-order chi connectivity index (χ0) is 28.3. The lowest BCUT2D eigenvalue weighted by Gasteiger charge is -2.19. The number of ether oxygens (including phenoxy) is 2. The molecule has 0 bridgehead atoms. The van der Waals surface area contributed by atoms with Gasteiger partial charge in [0.2, 0.25) is 0 Å². The first-order valence-electron chi connectivity index (χ1n) is 12.4. The van der Waals surface area contributed by atoms with E-state index in [2.05, 4.69) is 5.32 Å². The van der Waals surface area contributed by atoms with Crippen molar-refractivity contribution in [1.29, 1.82) is 0 Å². The van der Waals surface area contributed by atoms with E-state index in [1.807, 2.05) is 0 Å². The van der Waals surface area contributed by atoms with Gasteiger partial charge < -0.3 is 14.8 Å². The molecule has 1 fully saturated rings. The van der Waals surface area contributed by atoms with E-state index in [-0.39, 0.29) is 53.7 Å². The van der Waals surface area contributed by atoms with Crippen molar-refractivity contribution in [2.24, 2.45) is 0 Å². The van der Waals surface area contributed by atoms with Crippen molar-refractivity contribution >= 4 is 17.6 Å². The van der Waals surface area contributed by atoms with Crippen LogP contribution in [0, 0.1) is 18.6 Å². The van der Waals surface area contributed by atoms with E-state index in [1.54, 1.807) is 13.8 Å². The molecule has 3 aromatic rings.